The van der Waals surface area contributed by atoms with Gasteiger partial charge in [-0.3, -0.25) is 0 Å². The number of rotatable bonds is 0. The second kappa shape index (κ2) is 6.53. The first-order valence-corrected chi connectivity index (χ1v) is 3.71. The van der Waals surface area contributed by atoms with Crippen LogP contribution in [0.5, 0.6) is 0 Å². The van der Waals surface area contributed by atoms with Crippen LogP contribution in [0.15, 0.2) is 0 Å². The summed E-state index contributed by atoms with van der Waals surface area (Å²) >= 11 is 4.34. The molecule has 0 atom stereocenters. The Balaban J connectivity index is -0.00000000533. The van der Waals surface area contributed by atoms with Crippen molar-refractivity contribution in [1.29, 1.82) is 0 Å². The average molecular weight is 183 g/mol. The van der Waals surface area contributed by atoms with E-state index in [0.717, 1.165) is 0 Å². The molecule has 0 aromatic heterocycles. The Morgan fingerprint density at radius 2 is 1.29 bits per heavy atom. The molecule has 0 aromatic rings. The van der Waals surface area contributed by atoms with E-state index in [1.807, 2.05) is 0 Å². The third kappa shape index (κ3) is 59.4. The monoisotopic (exact) mass is 182 g/mol. The van der Waals surface area contributed by atoms with E-state index < -0.39 is 8.11 Å². The first kappa shape index (κ1) is 16.2. The van der Waals surface area contributed by atoms with Gasteiger partial charge in [-0.05, 0) is 0 Å². The fourth-order valence-electron chi connectivity index (χ4n) is 0. The summed E-state index contributed by atoms with van der Waals surface area (Å²) in [6, 6.07) is 0. The maximum atomic E-state index is 7.54. The molecule has 3 nitrogen and oxygen atoms in total. The standard InChI is InChI=1S/Ca.ClH3O3Si.Mg.4H/c;1-5(2,3)4;;;;;/h;2-4H;;;;;/q+2;;+2;4*-1. The molecule has 0 aliphatic heterocycles. The van der Waals surface area contributed by atoms with Crippen LogP contribution in [-0.2, 0) is 0 Å². The minimum absolute atomic E-state index is 0. The number of hydrogen-bond acceptors (Lipinski definition) is 3. The smallest absolute Gasteiger partial charge is 1.00 e. The molecule has 7 heteroatoms. The van der Waals surface area contributed by atoms with Crippen LogP contribution in [0.25, 0.3) is 0 Å². The van der Waals surface area contributed by atoms with E-state index in [9.17, 15) is 0 Å². The zero-order valence-corrected chi connectivity index (χ0v) is 9.01. The summed E-state index contributed by atoms with van der Waals surface area (Å²) in [4.78, 5) is 22.6. The summed E-state index contributed by atoms with van der Waals surface area (Å²) in [5.41, 5.74) is 0. The van der Waals surface area contributed by atoms with E-state index >= 15 is 0 Å². The SMILES string of the molecule is O[Si](O)(O)Cl.[Ca+2].[H-].[H-].[H-].[H-].[Mg+2]. The van der Waals surface area contributed by atoms with Crippen molar-refractivity contribution >= 4 is 80.0 Å². The van der Waals surface area contributed by atoms with Gasteiger partial charge >= 0.3 is 68.9 Å². The van der Waals surface area contributed by atoms with Gasteiger partial charge in [-0.2, -0.15) is 0 Å². The van der Waals surface area contributed by atoms with Crippen LogP contribution in [0.1, 0.15) is 5.71 Å². The van der Waals surface area contributed by atoms with Crippen molar-refractivity contribution in [2.45, 2.75) is 0 Å². The van der Waals surface area contributed by atoms with Crippen LogP contribution in [-0.4, -0.2) is 83.3 Å². The number of hydrogen-bond donors (Lipinski definition) is 3. The number of halogens is 1. The minimum atomic E-state index is -4.14. The maximum Gasteiger partial charge on any atom is 2.00 e. The molecule has 0 aliphatic rings. The predicted octanol–water partition coefficient (Wildman–Crippen LogP) is -1.67. The molecule has 0 bridgehead atoms. The van der Waals surface area contributed by atoms with E-state index in [4.69, 9.17) is 14.4 Å². The van der Waals surface area contributed by atoms with Crippen molar-refractivity contribution in [3.8, 4) is 0 Å². The van der Waals surface area contributed by atoms with Gasteiger partial charge in [0.05, 0.1) is 0 Å². The molecule has 0 spiro atoms. The Hall–Kier alpha value is 2.41. The fraction of sp³-hybridized carbons (Fsp3) is 0. The van der Waals surface area contributed by atoms with Gasteiger partial charge in [-0.15, -0.1) is 0 Å². The quantitative estimate of drug-likeness (QED) is 0.310. The van der Waals surface area contributed by atoms with Crippen LogP contribution in [0.4, 0.5) is 0 Å². The molecule has 0 radical (unpaired) electrons. The van der Waals surface area contributed by atoms with Gasteiger partial charge in [0.25, 0.3) is 0 Å². The first-order chi connectivity index (χ1) is 2.00. The van der Waals surface area contributed by atoms with Crippen LogP contribution in [0.3, 0.4) is 0 Å². The van der Waals surface area contributed by atoms with Gasteiger partial charge in [0.1, 0.15) is 0 Å². The second-order valence-electron chi connectivity index (χ2n) is 0.554. The van der Waals surface area contributed by atoms with Crippen molar-refractivity contribution < 1.29 is 20.1 Å². The van der Waals surface area contributed by atoms with Crippen molar-refractivity contribution in [2.24, 2.45) is 0 Å². The first-order valence-electron chi connectivity index (χ1n) is 0.860. The van der Waals surface area contributed by atoms with Crippen molar-refractivity contribution in [1.82, 2.24) is 0 Å². The normalized spacial score (nSPS) is 8.57. The Bertz CT molecular complexity index is 40.8. The zero-order chi connectivity index (χ0) is 4.50. The van der Waals surface area contributed by atoms with Crippen molar-refractivity contribution in [2.75, 3.05) is 0 Å². The van der Waals surface area contributed by atoms with Crippen LogP contribution >= 0.6 is 11.1 Å². The summed E-state index contributed by atoms with van der Waals surface area (Å²) in [7, 11) is -4.14. The molecule has 7 heavy (non-hydrogen) atoms. The third-order valence-electron chi connectivity index (χ3n) is 0. The van der Waals surface area contributed by atoms with E-state index in [1.54, 1.807) is 0 Å². The molecule has 0 saturated heterocycles. The van der Waals surface area contributed by atoms with Crippen molar-refractivity contribution in [3.05, 3.63) is 0 Å². The van der Waals surface area contributed by atoms with Gasteiger partial charge in [0.15, 0.2) is 0 Å². The maximum absolute atomic E-state index is 7.54. The molecule has 3 N–H and O–H groups in total. The molecule has 0 saturated carbocycles. The summed E-state index contributed by atoms with van der Waals surface area (Å²) in [6.07, 6.45) is 0. The van der Waals surface area contributed by atoms with Gasteiger partial charge in [0.2, 0.25) is 0 Å². The Morgan fingerprint density at radius 1 is 1.29 bits per heavy atom. The van der Waals surface area contributed by atoms with Crippen LogP contribution < -0.4 is 0 Å². The molecular weight excluding hydrogens is 176 g/mol. The van der Waals surface area contributed by atoms with E-state index in [-0.39, 0.29) is 66.5 Å². The third-order valence-corrected chi connectivity index (χ3v) is 0. The Kier molecular flexibility index (Phi) is 15.1. The molecule has 0 fully saturated rings. The van der Waals surface area contributed by atoms with Gasteiger partial charge in [0, 0.05) is 0 Å². The molecule has 0 rings (SSSR count). The zero-order valence-electron chi connectivity index (χ0n) is 7.63. The van der Waals surface area contributed by atoms with E-state index in [0.29, 0.717) is 0 Å². The molecule has 40 valence electrons. The van der Waals surface area contributed by atoms with E-state index in [1.165, 1.54) is 0 Å². The summed E-state index contributed by atoms with van der Waals surface area (Å²) < 4.78 is 0. The van der Waals surface area contributed by atoms with E-state index in [2.05, 4.69) is 11.1 Å². The van der Waals surface area contributed by atoms with Gasteiger partial charge in [-0.25, -0.2) is 0 Å². The van der Waals surface area contributed by atoms with Gasteiger partial charge in [-0.1, -0.05) is 11.1 Å². The molecule has 0 aromatic carbocycles. The molecule has 0 unspecified atom stereocenters. The molecule has 0 heterocycles. The summed E-state index contributed by atoms with van der Waals surface area (Å²) in [5, 5.41) is 0. The molecule has 0 aliphatic carbocycles. The fourth-order valence-corrected chi connectivity index (χ4v) is 0. The summed E-state index contributed by atoms with van der Waals surface area (Å²) in [6.45, 7) is 0. The topological polar surface area (TPSA) is 60.7 Å². The van der Waals surface area contributed by atoms with Crippen LogP contribution in [0, 0.1) is 0 Å². The Labute approximate surface area is 98.8 Å². The minimum Gasteiger partial charge on any atom is -1.00 e. The average Bonchev–Trinajstić information content (AvgIpc) is 0.722. The predicted molar refractivity (Wildman–Crippen MR) is 34.2 cm³/mol. The summed E-state index contributed by atoms with van der Waals surface area (Å²) in [5.74, 6) is 0. The van der Waals surface area contributed by atoms with Gasteiger partial charge < -0.3 is 20.1 Å². The second-order valence-corrected chi connectivity index (χ2v) is 3.18. The molecule has 0 amide bonds. The van der Waals surface area contributed by atoms with Crippen LogP contribution in [0.2, 0.25) is 0 Å². The molecular formula is H7CaClMgO3Si. The van der Waals surface area contributed by atoms with Crippen molar-refractivity contribution in [3.63, 3.8) is 0 Å². The Morgan fingerprint density at radius 3 is 1.29 bits per heavy atom. The largest absolute Gasteiger partial charge is 2.00 e.